The fourth-order valence-corrected chi connectivity index (χ4v) is 1.64. The molecule has 4 nitrogen and oxygen atoms in total. The zero-order valence-corrected chi connectivity index (χ0v) is 9.48. The number of anilines is 2. The van der Waals surface area contributed by atoms with Crippen LogP contribution in [0.25, 0.3) is 0 Å². The van der Waals surface area contributed by atoms with Gasteiger partial charge in [-0.3, -0.25) is 5.21 Å². The van der Waals surface area contributed by atoms with E-state index in [9.17, 15) is 5.21 Å². The summed E-state index contributed by atoms with van der Waals surface area (Å²) in [6.45, 7) is 1.71. The molecule has 0 atom stereocenters. The van der Waals surface area contributed by atoms with Gasteiger partial charge in [-0.2, -0.15) is 0 Å². The average molecular weight is 298 g/mol. The van der Waals surface area contributed by atoms with E-state index in [0.717, 1.165) is 4.73 Å². The highest BCUT2D eigenvalue weighted by atomic mass is 79.9. The number of nitrogens with two attached hydrogens (primary N) is 2. The Labute approximate surface area is 86.4 Å². The number of pyridine rings is 1. The topological polar surface area (TPSA) is 76.2 Å². The molecule has 0 aliphatic heterocycles. The number of hydrogen-bond donors (Lipinski definition) is 3. The highest BCUT2D eigenvalue weighted by Gasteiger charge is 2.22. The summed E-state index contributed by atoms with van der Waals surface area (Å²) >= 11 is 6.31. The molecule has 0 saturated carbocycles. The molecule has 0 saturated heterocycles. The Morgan fingerprint density at radius 1 is 1.25 bits per heavy atom. The Morgan fingerprint density at radius 3 is 2.25 bits per heavy atom. The Morgan fingerprint density at radius 2 is 1.75 bits per heavy atom. The van der Waals surface area contributed by atoms with Crippen molar-refractivity contribution in [2.24, 2.45) is 0 Å². The second-order valence-corrected chi connectivity index (χ2v) is 3.87. The lowest BCUT2D eigenvalue weighted by Crippen LogP contribution is -2.37. The standard InChI is InChI=1S/C6H7Br2N3O/c1-2-3(7)4(9)5(10)6(8)11(2)12/h9,12H,10H2,1H3/p+1. The molecule has 1 aromatic rings. The minimum atomic E-state index is 0.315. The number of nitrogens with zero attached hydrogens (tertiary/aromatic N) is 1. The van der Waals surface area contributed by atoms with Crippen LogP contribution < -0.4 is 16.2 Å². The molecule has 0 radical (unpaired) electrons. The quantitative estimate of drug-likeness (QED) is 0.383. The summed E-state index contributed by atoms with van der Waals surface area (Å²) in [5, 5.41) is 9.40. The van der Waals surface area contributed by atoms with Crippen LogP contribution in [0.5, 0.6) is 0 Å². The molecule has 0 aromatic carbocycles. The van der Waals surface area contributed by atoms with Crippen LogP contribution in [0.3, 0.4) is 0 Å². The van der Waals surface area contributed by atoms with Crippen molar-refractivity contribution in [3.63, 3.8) is 0 Å². The highest BCUT2D eigenvalue weighted by Crippen LogP contribution is 2.30. The van der Waals surface area contributed by atoms with E-state index in [2.05, 4.69) is 31.9 Å². The third-order valence-electron chi connectivity index (χ3n) is 1.57. The van der Waals surface area contributed by atoms with Crippen LogP contribution in [-0.2, 0) is 0 Å². The number of rotatable bonds is 0. The van der Waals surface area contributed by atoms with Crippen molar-refractivity contribution in [3.8, 4) is 0 Å². The summed E-state index contributed by atoms with van der Waals surface area (Å²) in [6.07, 6.45) is 0. The van der Waals surface area contributed by atoms with Crippen LogP contribution in [0, 0.1) is 6.92 Å². The zero-order valence-electron chi connectivity index (χ0n) is 6.31. The Bertz CT molecular complexity index is 235. The van der Waals surface area contributed by atoms with E-state index in [0.29, 0.717) is 26.1 Å². The average Bonchev–Trinajstić information content (AvgIpc) is 2.08. The first-order valence-electron chi connectivity index (χ1n) is 3.10. The predicted octanol–water partition coefficient (Wildman–Crippen LogP) is 1.21. The molecule has 0 aliphatic carbocycles. The Kier molecular flexibility index (Phi) is 2.48. The first-order valence-corrected chi connectivity index (χ1v) is 4.69. The maximum absolute atomic E-state index is 9.40. The minimum Gasteiger partial charge on any atom is -0.396 e. The van der Waals surface area contributed by atoms with E-state index in [-0.39, 0.29) is 0 Å². The minimum absolute atomic E-state index is 0.315. The summed E-state index contributed by atoms with van der Waals surface area (Å²) in [5.74, 6) is 0. The lowest BCUT2D eigenvalue weighted by atomic mass is 10.3. The number of halogens is 2. The fourth-order valence-electron chi connectivity index (χ4n) is 0.779. The second-order valence-electron chi connectivity index (χ2n) is 2.33. The number of nitrogen functional groups attached to an aromatic ring is 2. The second kappa shape index (κ2) is 3.10. The van der Waals surface area contributed by atoms with Crippen LogP contribution in [0.1, 0.15) is 5.69 Å². The number of hydrogen-bond acceptors (Lipinski definition) is 3. The molecule has 1 heterocycles. The molecule has 0 fully saturated rings. The van der Waals surface area contributed by atoms with E-state index in [1.807, 2.05) is 0 Å². The molecule has 1 aromatic heterocycles. The maximum atomic E-state index is 9.40. The Hall–Kier alpha value is -0.490. The molecule has 1 rings (SSSR count). The van der Waals surface area contributed by atoms with Gasteiger partial charge in [-0.1, -0.05) is 0 Å². The molecule has 66 valence electrons. The third-order valence-corrected chi connectivity index (χ3v) is 3.33. The smallest absolute Gasteiger partial charge is 0.323 e. The van der Waals surface area contributed by atoms with Gasteiger partial charge in [0.2, 0.25) is 5.69 Å². The summed E-state index contributed by atoms with van der Waals surface area (Å²) < 4.78 is 1.89. The van der Waals surface area contributed by atoms with E-state index in [4.69, 9.17) is 11.5 Å². The molecule has 6 heteroatoms. The van der Waals surface area contributed by atoms with Crippen molar-refractivity contribution in [2.45, 2.75) is 6.92 Å². The third kappa shape index (κ3) is 1.25. The van der Waals surface area contributed by atoms with Gasteiger partial charge in [-0.25, -0.2) is 0 Å². The zero-order chi connectivity index (χ0) is 9.46. The highest BCUT2D eigenvalue weighted by molar-refractivity contribution is 9.11. The largest absolute Gasteiger partial charge is 0.396 e. The van der Waals surface area contributed by atoms with Gasteiger partial charge < -0.3 is 11.5 Å². The molecule has 5 N–H and O–H groups in total. The van der Waals surface area contributed by atoms with Crippen LogP contribution in [-0.4, -0.2) is 5.21 Å². The first-order chi connectivity index (χ1) is 5.46. The normalized spacial score (nSPS) is 10.2. The van der Waals surface area contributed by atoms with E-state index >= 15 is 0 Å². The maximum Gasteiger partial charge on any atom is 0.323 e. The fraction of sp³-hybridized carbons (Fsp3) is 0.167. The lowest BCUT2D eigenvalue weighted by Gasteiger charge is -2.03. The van der Waals surface area contributed by atoms with Crippen molar-refractivity contribution in [3.05, 3.63) is 14.8 Å². The van der Waals surface area contributed by atoms with Gasteiger partial charge in [-0.05, 0) is 15.9 Å². The van der Waals surface area contributed by atoms with Gasteiger partial charge in [0.25, 0.3) is 0 Å². The SMILES string of the molecule is Cc1c(Br)c(N)c(N)c(Br)[n+]1O. The molecule has 0 unspecified atom stereocenters. The summed E-state index contributed by atoms with van der Waals surface area (Å²) in [4.78, 5) is 0. The van der Waals surface area contributed by atoms with Crippen LogP contribution in [0.15, 0.2) is 9.08 Å². The molecular formula is C6H8Br2N3O+. The van der Waals surface area contributed by atoms with Gasteiger partial charge in [0.15, 0.2) is 0 Å². The van der Waals surface area contributed by atoms with Crippen molar-refractivity contribution < 1.29 is 9.94 Å². The van der Waals surface area contributed by atoms with Gasteiger partial charge in [0.1, 0.15) is 10.2 Å². The van der Waals surface area contributed by atoms with Crippen LogP contribution in [0.4, 0.5) is 11.4 Å². The van der Waals surface area contributed by atoms with Crippen molar-refractivity contribution in [1.29, 1.82) is 0 Å². The van der Waals surface area contributed by atoms with E-state index in [1.54, 1.807) is 6.92 Å². The van der Waals surface area contributed by atoms with Gasteiger partial charge in [-0.15, -0.1) is 0 Å². The molecule has 0 bridgehead atoms. The Balaban J connectivity index is 3.60. The summed E-state index contributed by atoms with van der Waals surface area (Å²) in [5.41, 5.74) is 12.5. The van der Waals surface area contributed by atoms with Crippen molar-refractivity contribution >= 4 is 43.2 Å². The van der Waals surface area contributed by atoms with Crippen molar-refractivity contribution in [2.75, 3.05) is 11.5 Å². The van der Waals surface area contributed by atoms with Gasteiger partial charge in [0.05, 0.1) is 5.69 Å². The molecule has 12 heavy (non-hydrogen) atoms. The van der Waals surface area contributed by atoms with Gasteiger partial charge >= 0.3 is 4.60 Å². The van der Waals surface area contributed by atoms with E-state index in [1.165, 1.54) is 0 Å². The monoisotopic (exact) mass is 296 g/mol. The molecule has 0 spiro atoms. The van der Waals surface area contributed by atoms with Crippen LogP contribution in [0.2, 0.25) is 0 Å². The predicted molar refractivity (Wildman–Crippen MR) is 52.8 cm³/mol. The summed E-state index contributed by atoms with van der Waals surface area (Å²) in [7, 11) is 0. The van der Waals surface area contributed by atoms with E-state index < -0.39 is 0 Å². The molecule has 0 aliphatic rings. The van der Waals surface area contributed by atoms with Crippen molar-refractivity contribution in [1.82, 2.24) is 0 Å². The number of aromatic nitrogens is 1. The first kappa shape index (κ1) is 9.60. The lowest BCUT2D eigenvalue weighted by molar-refractivity contribution is -0.916. The van der Waals surface area contributed by atoms with Crippen LogP contribution >= 0.6 is 31.9 Å². The van der Waals surface area contributed by atoms with Gasteiger partial charge in [0, 0.05) is 27.6 Å². The molecular weight excluding hydrogens is 290 g/mol. The summed E-state index contributed by atoms with van der Waals surface area (Å²) in [6, 6.07) is 0. The molecule has 0 amide bonds.